The molecule has 1 aliphatic heterocycles. The van der Waals surface area contributed by atoms with Gasteiger partial charge >= 0.3 is 0 Å². The standard InChI is InChI=1S/C28H43N5O/c1-11-19(3)24(18-29-9)21-13-14-23(25(34)15-21)20(4)30-31-26(12-2)33(10)22-16-27(5,6)32-28(7,8)17-22/h12-15,18,22,32,34H,2,11,16-17H2,1,3-10H3/b24-19+,29-18?,30-20+,31-26+. The quantitative estimate of drug-likeness (QED) is 0.302. The lowest BCUT2D eigenvalue weighted by Crippen LogP contribution is -2.62. The highest BCUT2D eigenvalue weighted by molar-refractivity contribution is 6.11. The van der Waals surface area contributed by atoms with Crippen LogP contribution < -0.4 is 5.32 Å². The van der Waals surface area contributed by atoms with Crippen LogP contribution in [0.3, 0.4) is 0 Å². The summed E-state index contributed by atoms with van der Waals surface area (Å²) in [7, 11) is 3.81. The third-order valence-electron chi connectivity index (χ3n) is 6.51. The first kappa shape index (κ1) is 27.5. The number of piperidine rings is 1. The maximum absolute atomic E-state index is 10.8. The number of phenolic OH excluding ortho intramolecular Hbond substituents is 1. The molecule has 0 unspecified atom stereocenters. The number of phenols is 1. The summed E-state index contributed by atoms with van der Waals surface area (Å²) in [5.41, 5.74) is 4.55. The van der Waals surface area contributed by atoms with Crippen LogP contribution in [0.1, 0.15) is 78.9 Å². The van der Waals surface area contributed by atoms with Crippen molar-refractivity contribution in [3.05, 3.63) is 47.6 Å². The number of allylic oxidation sites excluding steroid dienone is 2. The fourth-order valence-corrected chi connectivity index (χ4v) is 4.92. The molecule has 34 heavy (non-hydrogen) atoms. The number of nitrogens with zero attached hydrogens (tertiary/aromatic N) is 4. The lowest BCUT2D eigenvalue weighted by molar-refractivity contribution is 0.114. The van der Waals surface area contributed by atoms with Gasteiger partial charge in [0.25, 0.3) is 0 Å². The molecule has 0 saturated carbocycles. The maximum atomic E-state index is 10.8. The van der Waals surface area contributed by atoms with Crippen molar-refractivity contribution in [1.82, 2.24) is 10.2 Å². The smallest absolute Gasteiger partial charge is 0.150 e. The number of amidine groups is 1. The van der Waals surface area contributed by atoms with Gasteiger partial charge in [-0.15, -0.1) is 5.10 Å². The van der Waals surface area contributed by atoms with Crippen molar-refractivity contribution in [3.63, 3.8) is 0 Å². The summed E-state index contributed by atoms with van der Waals surface area (Å²) in [4.78, 5) is 6.35. The van der Waals surface area contributed by atoms with Gasteiger partial charge in [-0.25, -0.2) is 0 Å². The molecular weight excluding hydrogens is 422 g/mol. The minimum atomic E-state index is 0.0333. The summed E-state index contributed by atoms with van der Waals surface area (Å²) in [5, 5.41) is 23.4. The number of rotatable bonds is 7. The summed E-state index contributed by atoms with van der Waals surface area (Å²) in [6, 6.07) is 5.97. The molecule has 0 amide bonds. The van der Waals surface area contributed by atoms with Crippen LogP contribution >= 0.6 is 0 Å². The molecule has 1 aromatic rings. The number of benzene rings is 1. The number of likely N-dealkylation sites (N-methyl/N-ethyl adjacent to an activating group) is 1. The first-order valence-electron chi connectivity index (χ1n) is 12.1. The van der Waals surface area contributed by atoms with E-state index in [2.05, 4.69) is 80.6 Å². The number of hydrogen-bond donors (Lipinski definition) is 2. The number of aliphatic imine (C=N–C) groups is 1. The van der Waals surface area contributed by atoms with Crippen LogP contribution in [0, 0.1) is 0 Å². The Hall–Kier alpha value is -2.73. The van der Waals surface area contributed by atoms with Crippen molar-refractivity contribution in [1.29, 1.82) is 0 Å². The van der Waals surface area contributed by atoms with Gasteiger partial charge in [0.2, 0.25) is 0 Å². The SMILES string of the molecule is C=C/C(=N\N=C(/C)c1ccc(/C(C=NC)=C(\C)CC)cc1O)N(C)C1CC(C)(C)NC(C)(C)C1. The zero-order chi connectivity index (χ0) is 25.7. The molecule has 0 atom stereocenters. The van der Waals surface area contributed by atoms with Gasteiger partial charge in [-0.2, -0.15) is 5.10 Å². The Labute approximate surface area is 206 Å². The Kier molecular flexibility index (Phi) is 9.01. The van der Waals surface area contributed by atoms with Crippen molar-refractivity contribution < 1.29 is 5.11 Å². The summed E-state index contributed by atoms with van der Waals surface area (Å²) < 4.78 is 0. The molecule has 2 N–H and O–H groups in total. The Bertz CT molecular complexity index is 998. The molecule has 2 rings (SSSR count). The lowest BCUT2D eigenvalue weighted by atomic mass is 9.79. The Balaban J connectivity index is 2.32. The average molecular weight is 466 g/mol. The largest absolute Gasteiger partial charge is 0.507 e. The Morgan fingerprint density at radius 2 is 1.79 bits per heavy atom. The molecule has 1 saturated heterocycles. The van der Waals surface area contributed by atoms with Gasteiger partial charge in [0, 0.05) is 43.0 Å². The van der Waals surface area contributed by atoms with Gasteiger partial charge in [0.15, 0.2) is 5.84 Å². The van der Waals surface area contributed by atoms with E-state index in [1.807, 2.05) is 25.3 Å². The van der Waals surface area contributed by atoms with Gasteiger partial charge in [-0.1, -0.05) is 25.1 Å². The Morgan fingerprint density at radius 1 is 1.18 bits per heavy atom. The molecule has 0 spiro atoms. The van der Waals surface area contributed by atoms with Gasteiger partial charge in [-0.05, 0) is 90.2 Å². The van der Waals surface area contributed by atoms with Crippen LogP contribution in [-0.4, -0.2) is 59.0 Å². The number of hydrogen-bond acceptors (Lipinski definition) is 5. The maximum Gasteiger partial charge on any atom is 0.150 e. The lowest BCUT2D eigenvalue weighted by Gasteiger charge is -2.49. The molecule has 0 bridgehead atoms. The van der Waals surface area contributed by atoms with E-state index < -0.39 is 0 Å². The third-order valence-corrected chi connectivity index (χ3v) is 6.51. The number of aromatic hydroxyl groups is 1. The predicted molar refractivity (Wildman–Crippen MR) is 147 cm³/mol. The third kappa shape index (κ3) is 6.89. The molecule has 1 fully saturated rings. The fourth-order valence-electron chi connectivity index (χ4n) is 4.92. The first-order chi connectivity index (χ1) is 15.8. The highest BCUT2D eigenvalue weighted by atomic mass is 16.3. The zero-order valence-corrected chi connectivity index (χ0v) is 22.5. The minimum Gasteiger partial charge on any atom is -0.507 e. The van der Waals surface area contributed by atoms with Crippen molar-refractivity contribution in [2.24, 2.45) is 15.2 Å². The second-order valence-electron chi connectivity index (χ2n) is 10.6. The molecule has 1 aromatic carbocycles. The normalized spacial score (nSPS) is 19.8. The van der Waals surface area contributed by atoms with E-state index >= 15 is 0 Å². The predicted octanol–water partition coefficient (Wildman–Crippen LogP) is 5.83. The summed E-state index contributed by atoms with van der Waals surface area (Å²) >= 11 is 0. The number of nitrogens with one attached hydrogen (secondary N) is 1. The van der Waals surface area contributed by atoms with Gasteiger partial charge in [-0.3, -0.25) is 4.99 Å². The zero-order valence-electron chi connectivity index (χ0n) is 22.5. The molecule has 6 heteroatoms. The van der Waals surface area contributed by atoms with Crippen molar-refractivity contribution in [2.45, 2.75) is 84.8 Å². The summed E-state index contributed by atoms with van der Waals surface area (Å²) in [6.45, 7) is 19.0. The highest BCUT2D eigenvalue weighted by Gasteiger charge is 2.39. The summed E-state index contributed by atoms with van der Waals surface area (Å²) in [5.74, 6) is 0.895. The minimum absolute atomic E-state index is 0.0333. The van der Waals surface area contributed by atoms with Crippen LogP contribution in [0.15, 0.2) is 51.6 Å². The molecular formula is C28H43N5O. The van der Waals surface area contributed by atoms with Gasteiger partial charge < -0.3 is 15.3 Å². The second-order valence-corrected chi connectivity index (χ2v) is 10.6. The van der Waals surface area contributed by atoms with E-state index in [-0.39, 0.29) is 16.8 Å². The van der Waals surface area contributed by atoms with Crippen LogP contribution in [-0.2, 0) is 0 Å². The van der Waals surface area contributed by atoms with Gasteiger partial charge in [0.1, 0.15) is 5.75 Å². The average Bonchev–Trinajstić information content (AvgIpc) is 2.74. The van der Waals surface area contributed by atoms with Crippen molar-refractivity contribution >= 4 is 23.3 Å². The van der Waals surface area contributed by atoms with Crippen LogP contribution in [0.4, 0.5) is 0 Å². The molecule has 1 aliphatic rings. The van der Waals surface area contributed by atoms with Gasteiger partial charge in [0.05, 0.1) is 5.71 Å². The van der Waals surface area contributed by atoms with E-state index in [0.717, 1.165) is 36.2 Å². The van der Waals surface area contributed by atoms with E-state index in [0.29, 0.717) is 17.3 Å². The first-order valence-corrected chi connectivity index (χ1v) is 12.1. The molecule has 0 aliphatic carbocycles. The molecule has 186 valence electrons. The van der Waals surface area contributed by atoms with Crippen LogP contribution in [0.2, 0.25) is 0 Å². The molecule has 0 aromatic heterocycles. The summed E-state index contributed by atoms with van der Waals surface area (Å²) in [6.07, 6.45) is 6.50. The van der Waals surface area contributed by atoms with E-state index in [1.54, 1.807) is 19.2 Å². The van der Waals surface area contributed by atoms with Crippen molar-refractivity contribution in [2.75, 3.05) is 14.1 Å². The van der Waals surface area contributed by atoms with E-state index in [9.17, 15) is 5.11 Å². The highest BCUT2D eigenvalue weighted by Crippen LogP contribution is 2.31. The molecule has 6 nitrogen and oxygen atoms in total. The van der Waals surface area contributed by atoms with E-state index in [1.165, 1.54) is 5.57 Å². The van der Waals surface area contributed by atoms with E-state index in [4.69, 9.17) is 0 Å². The molecule has 1 heterocycles. The molecule has 0 radical (unpaired) electrons. The fraction of sp³-hybridized carbons (Fsp3) is 0.536. The Morgan fingerprint density at radius 3 is 2.29 bits per heavy atom. The van der Waals surface area contributed by atoms with Crippen LogP contribution in [0.5, 0.6) is 5.75 Å². The van der Waals surface area contributed by atoms with Crippen molar-refractivity contribution in [3.8, 4) is 5.75 Å². The monoisotopic (exact) mass is 465 g/mol. The van der Waals surface area contributed by atoms with Crippen LogP contribution in [0.25, 0.3) is 5.57 Å². The second kappa shape index (κ2) is 11.1. The topological polar surface area (TPSA) is 72.6 Å².